The summed E-state index contributed by atoms with van der Waals surface area (Å²) in [6.07, 6.45) is 7.82. The van der Waals surface area contributed by atoms with E-state index in [-0.39, 0.29) is 6.17 Å². The third-order valence-electron chi connectivity index (χ3n) is 3.83. The van der Waals surface area contributed by atoms with Crippen LogP contribution in [0.25, 0.3) is 5.70 Å². The molecule has 0 spiro atoms. The molecular formula is C19H27N5. The lowest BCUT2D eigenvalue weighted by atomic mass is 10.1. The average molecular weight is 325 g/mol. The smallest absolute Gasteiger partial charge is 0.118 e. The summed E-state index contributed by atoms with van der Waals surface area (Å²) >= 11 is 0. The fourth-order valence-corrected chi connectivity index (χ4v) is 2.49. The molecule has 0 bridgehead atoms. The third kappa shape index (κ3) is 4.75. The number of hydrogen-bond donors (Lipinski definition) is 4. The first-order chi connectivity index (χ1) is 11.7. The van der Waals surface area contributed by atoms with Gasteiger partial charge in [-0.1, -0.05) is 43.0 Å². The van der Waals surface area contributed by atoms with Gasteiger partial charge in [-0.3, -0.25) is 5.32 Å². The van der Waals surface area contributed by atoms with Crippen LogP contribution in [0.3, 0.4) is 0 Å². The van der Waals surface area contributed by atoms with Crippen molar-refractivity contribution in [3.8, 4) is 0 Å². The molecule has 6 N–H and O–H groups in total. The Balaban J connectivity index is 1.92. The highest BCUT2D eigenvalue weighted by Crippen LogP contribution is 2.16. The monoisotopic (exact) mass is 325 g/mol. The molecule has 0 amide bonds. The minimum Gasteiger partial charge on any atom is -0.399 e. The summed E-state index contributed by atoms with van der Waals surface area (Å²) in [6, 6.07) is 10.2. The SMILES string of the molecule is C=C(CN)N(/C=C\C)CCNC1NC(c2ccccc2)=CC=C1N. The second-order valence-electron chi connectivity index (χ2n) is 5.59. The molecule has 2 rings (SSSR count). The molecule has 0 radical (unpaired) electrons. The van der Waals surface area contributed by atoms with Crippen molar-refractivity contribution in [2.45, 2.75) is 13.1 Å². The van der Waals surface area contributed by atoms with Gasteiger partial charge in [-0.05, 0) is 30.8 Å². The molecule has 0 aliphatic carbocycles. The number of benzene rings is 1. The molecule has 5 nitrogen and oxygen atoms in total. The fourth-order valence-electron chi connectivity index (χ4n) is 2.49. The van der Waals surface area contributed by atoms with Gasteiger partial charge < -0.3 is 21.7 Å². The van der Waals surface area contributed by atoms with E-state index >= 15 is 0 Å². The minimum atomic E-state index is -0.0937. The van der Waals surface area contributed by atoms with Crippen molar-refractivity contribution < 1.29 is 0 Å². The maximum atomic E-state index is 6.11. The Bertz CT molecular complexity index is 630. The maximum Gasteiger partial charge on any atom is 0.118 e. The summed E-state index contributed by atoms with van der Waals surface area (Å²) in [6.45, 7) is 7.92. The first kappa shape index (κ1) is 17.8. The fraction of sp³-hybridized carbons (Fsp3) is 0.263. The van der Waals surface area contributed by atoms with Crippen molar-refractivity contribution >= 4 is 5.70 Å². The predicted octanol–water partition coefficient (Wildman–Crippen LogP) is 1.70. The molecule has 1 atom stereocenters. The summed E-state index contributed by atoms with van der Waals surface area (Å²) in [7, 11) is 0. The van der Waals surface area contributed by atoms with E-state index in [4.69, 9.17) is 11.5 Å². The Morgan fingerprint density at radius 3 is 2.75 bits per heavy atom. The third-order valence-corrected chi connectivity index (χ3v) is 3.83. The standard InChI is InChI=1S/C19H27N5/c1-3-12-24(15(2)14-20)13-11-22-19-17(21)9-10-18(23-19)16-7-5-4-6-8-16/h3-10,12,19,22-23H,2,11,13-14,20-21H2,1H3/b12-3-. The Morgan fingerprint density at radius 1 is 1.33 bits per heavy atom. The van der Waals surface area contributed by atoms with Crippen molar-refractivity contribution in [2.24, 2.45) is 11.5 Å². The van der Waals surface area contributed by atoms with Crippen LogP contribution in [-0.2, 0) is 0 Å². The Morgan fingerprint density at radius 2 is 2.08 bits per heavy atom. The van der Waals surface area contributed by atoms with E-state index in [1.165, 1.54) is 0 Å². The second kappa shape index (κ2) is 8.96. The minimum absolute atomic E-state index is 0.0937. The number of nitrogens with two attached hydrogens (primary N) is 2. The van der Waals surface area contributed by atoms with Crippen LogP contribution in [0.4, 0.5) is 0 Å². The summed E-state index contributed by atoms with van der Waals surface area (Å²) in [5.74, 6) is 0. The van der Waals surface area contributed by atoms with Crippen molar-refractivity contribution in [3.05, 3.63) is 78.3 Å². The first-order valence-electron chi connectivity index (χ1n) is 8.15. The van der Waals surface area contributed by atoms with Crippen LogP contribution in [0.2, 0.25) is 0 Å². The zero-order valence-corrected chi connectivity index (χ0v) is 14.2. The lowest BCUT2D eigenvalue weighted by molar-refractivity contribution is 0.420. The average Bonchev–Trinajstić information content (AvgIpc) is 2.62. The highest BCUT2D eigenvalue weighted by molar-refractivity contribution is 5.67. The van der Waals surface area contributed by atoms with Crippen molar-refractivity contribution in [1.29, 1.82) is 0 Å². The molecule has 1 heterocycles. The van der Waals surface area contributed by atoms with Crippen molar-refractivity contribution in [1.82, 2.24) is 15.5 Å². The van der Waals surface area contributed by atoms with E-state index < -0.39 is 0 Å². The van der Waals surface area contributed by atoms with Crippen molar-refractivity contribution in [2.75, 3.05) is 19.6 Å². The lowest BCUT2D eigenvalue weighted by Gasteiger charge is -2.28. The highest BCUT2D eigenvalue weighted by Gasteiger charge is 2.16. The molecule has 0 saturated heterocycles. The molecule has 24 heavy (non-hydrogen) atoms. The van der Waals surface area contributed by atoms with Gasteiger partial charge in [0.2, 0.25) is 0 Å². The van der Waals surface area contributed by atoms with Gasteiger partial charge in [-0.15, -0.1) is 0 Å². The van der Waals surface area contributed by atoms with Crippen LogP contribution >= 0.6 is 0 Å². The zero-order valence-electron chi connectivity index (χ0n) is 14.2. The van der Waals surface area contributed by atoms with Crippen LogP contribution < -0.4 is 22.1 Å². The number of hydrogen-bond acceptors (Lipinski definition) is 5. The van der Waals surface area contributed by atoms with Gasteiger partial charge >= 0.3 is 0 Å². The van der Waals surface area contributed by atoms with E-state index in [0.29, 0.717) is 6.54 Å². The molecule has 1 aromatic carbocycles. The first-order valence-corrected chi connectivity index (χ1v) is 8.15. The van der Waals surface area contributed by atoms with Crippen LogP contribution in [0.1, 0.15) is 12.5 Å². The molecular weight excluding hydrogens is 298 g/mol. The topological polar surface area (TPSA) is 79.3 Å². The molecule has 0 aromatic heterocycles. The second-order valence-corrected chi connectivity index (χ2v) is 5.59. The lowest BCUT2D eigenvalue weighted by Crippen LogP contribution is -2.48. The van der Waals surface area contributed by atoms with E-state index in [2.05, 4.69) is 29.3 Å². The Kier molecular flexibility index (Phi) is 6.66. The zero-order chi connectivity index (χ0) is 17.4. The van der Waals surface area contributed by atoms with E-state index in [1.807, 2.05) is 54.5 Å². The Labute approximate surface area is 144 Å². The summed E-state index contributed by atoms with van der Waals surface area (Å²) < 4.78 is 0. The van der Waals surface area contributed by atoms with Crippen LogP contribution in [0.15, 0.2) is 72.7 Å². The van der Waals surface area contributed by atoms with Gasteiger partial charge in [-0.2, -0.15) is 0 Å². The molecule has 0 fully saturated rings. The van der Waals surface area contributed by atoms with Gasteiger partial charge in [-0.25, -0.2) is 0 Å². The van der Waals surface area contributed by atoms with Gasteiger partial charge in [0.25, 0.3) is 0 Å². The molecule has 128 valence electrons. The van der Waals surface area contributed by atoms with Crippen molar-refractivity contribution in [3.63, 3.8) is 0 Å². The molecule has 1 aromatic rings. The van der Waals surface area contributed by atoms with Crippen LogP contribution in [0, 0.1) is 0 Å². The van der Waals surface area contributed by atoms with E-state index in [0.717, 1.165) is 35.7 Å². The van der Waals surface area contributed by atoms with Gasteiger partial charge in [0, 0.05) is 36.7 Å². The van der Waals surface area contributed by atoms with Crippen LogP contribution in [0.5, 0.6) is 0 Å². The molecule has 0 saturated carbocycles. The molecule has 1 unspecified atom stereocenters. The number of dihydropyridines is 1. The van der Waals surface area contributed by atoms with Gasteiger partial charge in [0.05, 0.1) is 0 Å². The molecule has 1 aliphatic heterocycles. The maximum absolute atomic E-state index is 6.11. The van der Waals surface area contributed by atoms with E-state index in [1.54, 1.807) is 0 Å². The molecule has 1 aliphatic rings. The van der Waals surface area contributed by atoms with Gasteiger partial charge in [0.1, 0.15) is 6.17 Å². The summed E-state index contributed by atoms with van der Waals surface area (Å²) in [5, 5.41) is 6.88. The largest absolute Gasteiger partial charge is 0.399 e. The predicted molar refractivity (Wildman–Crippen MR) is 101 cm³/mol. The number of allylic oxidation sites excluding steroid dienone is 3. The van der Waals surface area contributed by atoms with Gasteiger partial charge in [0.15, 0.2) is 0 Å². The number of nitrogens with one attached hydrogen (secondary N) is 2. The highest BCUT2D eigenvalue weighted by atomic mass is 15.2. The normalized spacial score (nSPS) is 17.2. The summed E-state index contributed by atoms with van der Waals surface area (Å²) in [5.41, 5.74) is 15.6. The van der Waals surface area contributed by atoms with E-state index in [9.17, 15) is 0 Å². The molecule has 5 heteroatoms. The number of nitrogens with zero attached hydrogens (tertiary/aromatic N) is 1. The quantitative estimate of drug-likeness (QED) is 0.585. The van der Waals surface area contributed by atoms with Crippen LogP contribution in [-0.4, -0.2) is 30.7 Å². The summed E-state index contributed by atoms with van der Waals surface area (Å²) in [4.78, 5) is 2.05. The number of rotatable bonds is 8. The Hall–Kier alpha value is -2.50.